The number of nitrogens with one attached hydrogen (secondary N) is 1. The molecule has 116 valence electrons. The summed E-state index contributed by atoms with van der Waals surface area (Å²) < 4.78 is 0. The molecule has 1 unspecified atom stereocenters. The van der Waals surface area contributed by atoms with Gasteiger partial charge in [-0.25, -0.2) is 0 Å². The zero-order valence-corrected chi connectivity index (χ0v) is 13.5. The van der Waals surface area contributed by atoms with E-state index in [0.717, 1.165) is 17.8 Å². The third kappa shape index (κ3) is 4.55. The van der Waals surface area contributed by atoms with Crippen LogP contribution in [0, 0.1) is 0 Å². The smallest absolute Gasteiger partial charge is 0.233 e. The molecule has 1 aromatic heterocycles. The van der Waals surface area contributed by atoms with Crippen molar-refractivity contribution in [1.82, 2.24) is 15.2 Å². The Morgan fingerprint density at radius 1 is 1.23 bits per heavy atom. The van der Waals surface area contributed by atoms with Gasteiger partial charge < -0.3 is 10.2 Å². The van der Waals surface area contributed by atoms with Crippen molar-refractivity contribution in [3.8, 4) is 0 Å². The molecule has 1 amide bonds. The van der Waals surface area contributed by atoms with Gasteiger partial charge in [0.1, 0.15) is 5.92 Å². The summed E-state index contributed by atoms with van der Waals surface area (Å²) in [5, 5.41) is 3.62. The van der Waals surface area contributed by atoms with Gasteiger partial charge in [-0.1, -0.05) is 29.8 Å². The number of likely N-dealkylation sites (N-methyl/N-ethyl adjacent to an activating group) is 1. The molecule has 1 aromatic carbocycles. The fourth-order valence-corrected chi connectivity index (χ4v) is 2.29. The first-order valence-corrected chi connectivity index (χ1v) is 7.54. The predicted octanol–water partition coefficient (Wildman–Crippen LogP) is 2.54. The first-order valence-electron chi connectivity index (χ1n) is 7.17. The Morgan fingerprint density at radius 3 is 2.55 bits per heavy atom. The summed E-state index contributed by atoms with van der Waals surface area (Å²) in [6.07, 6.45) is 1.70. The zero-order chi connectivity index (χ0) is 15.9. The van der Waals surface area contributed by atoms with Gasteiger partial charge in [-0.3, -0.25) is 9.78 Å². The minimum absolute atomic E-state index is 0.0529. The van der Waals surface area contributed by atoms with E-state index in [0.29, 0.717) is 11.6 Å². The molecule has 22 heavy (non-hydrogen) atoms. The number of aromatic nitrogens is 1. The Kier molecular flexibility index (Phi) is 5.92. The monoisotopic (exact) mass is 317 g/mol. The van der Waals surface area contributed by atoms with Crippen molar-refractivity contribution >= 4 is 17.5 Å². The van der Waals surface area contributed by atoms with Gasteiger partial charge in [0.05, 0.1) is 5.69 Å². The van der Waals surface area contributed by atoms with Crippen LogP contribution < -0.4 is 5.32 Å². The second kappa shape index (κ2) is 7.92. The molecule has 0 aliphatic rings. The lowest BCUT2D eigenvalue weighted by atomic mass is 9.94. The number of nitrogens with zero attached hydrogens (tertiary/aromatic N) is 2. The van der Waals surface area contributed by atoms with Gasteiger partial charge >= 0.3 is 0 Å². The van der Waals surface area contributed by atoms with Crippen LogP contribution in [0.15, 0.2) is 48.7 Å². The molecule has 0 spiro atoms. The number of hydrogen-bond donors (Lipinski definition) is 1. The first kappa shape index (κ1) is 16.5. The van der Waals surface area contributed by atoms with Crippen molar-refractivity contribution in [2.45, 2.75) is 5.92 Å². The molecule has 1 N–H and O–H groups in total. The van der Waals surface area contributed by atoms with E-state index < -0.39 is 5.92 Å². The third-order valence-electron chi connectivity index (χ3n) is 3.31. The molecule has 5 heteroatoms. The van der Waals surface area contributed by atoms with Crippen molar-refractivity contribution in [2.75, 3.05) is 27.2 Å². The van der Waals surface area contributed by atoms with E-state index >= 15 is 0 Å². The number of rotatable bonds is 6. The van der Waals surface area contributed by atoms with Crippen molar-refractivity contribution < 1.29 is 4.79 Å². The van der Waals surface area contributed by atoms with Crippen LogP contribution in [0.2, 0.25) is 5.02 Å². The predicted molar refractivity (Wildman–Crippen MR) is 89.1 cm³/mol. The van der Waals surface area contributed by atoms with Gasteiger partial charge in [0.15, 0.2) is 0 Å². The standard InChI is InChI=1S/C17H20ClN3O/c1-21(2)12-11-20-17(22)16(15-5-3-4-10-19-15)13-6-8-14(18)9-7-13/h3-10,16H,11-12H2,1-2H3,(H,20,22). The maximum atomic E-state index is 12.6. The van der Waals surface area contributed by atoms with Gasteiger partial charge in [-0.15, -0.1) is 0 Å². The summed E-state index contributed by atoms with van der Waals surface area (Å²) in [6, 6.07) is 12.9. The molecule has 1 heterocycles. The van der Waals surface area contributed by atoms with E-state index in [9.17, 15) is 4.79 Å². The molecule has 0 saturated heterocycles. The highest BCUT2D eigenvalue weighted by atomic mass is 35.5. The average Bonchev–Trinajstić information content (AvgIpc) is 2.50. The SMILES string of the molecule is CN(C)CCNC(=O)C(c1ccc(Cl)cc1)c1ccccn1. The molecule has 0 radical (unpaired) electrons. The number of benzene rings is 1. The molecule has 0 saturated carbocycles. The normalized spacial score (nSPS) is 12.2. The van der Waals surface area contributed by atoms with Crippen molar-refractivity contribution in [3.63, 3.8) is 0 Å². The van der Waals surface area contributed by atoms with Crippen LogP contribution in [0.25, 0.3) is 0 Å². The number of carbonyl (C=O) groups excluding carboxylic acids is 1. The molecule has 1 atom stereocenters. The molecule has 2 rings (SSSR count). The first-order chi connectivity index (χ1) is 10.6. The number of amides is 1. The summed E-state index contributed by atoms with van der Waals surface area (Å²) in [5.74, 6) is -0.483. The fraction of sp³-hybridized carbons (Fsp3) is 0.294. The molecule has 0 bridgehead atoms. The van der Waals surface area contributed by atoms with E-state index in [-0.39, 0.29) is 5.91 Å². The molecule has 0 fully saturated rings. The van der Waals surface area contributed by atoms with Gasteiger partial charge in [-0.2, -0.15) is 0 Å². The van der Waals surface area contributed by atoms with Gasteiger partial charge in [0.2, 0.25) is 5.91 Å². The number of halogens is 1. The maximum absolute atomic E-state index is 12.6. The summed E-state index contributed by atoms with van der Waals surface area (Å²) >= 11 is 5.94. The minimum atomic E-state index is -0.430. The maximum Gasteiger partial charge on any atom is 0.233 e. The minimum Gasteiger partial charge on any atom is -0.354 e. The highest BCUT2D eigenvalue weighted by Gasteiger charge is 2.23. The topological polar surface area (TPSA) is 45.2 Å². The third-order valence-corrected chi connectivity index (χ3v) is 3.56. The van der Waals surface area contributed by atoms with E-state index in [4.69, 9.17) is 11.6 Å². The van der Waals surface area contributed by atoms with E-state index in [1.807, 2.05) is 49.3 Å². The zero-order valence-electron chi connectivity index (χ0n) is 12.8. The average molecular weight is 318 g/mol. The second-order valence-electron chi connectivity index (χ2n) is 5.33. The Bertz CT molecular complexity index is 599. The lowest BCUT2D eigenvalue weighted by molar-refractivity contribution is -0.121. The van der Waals surface area contributed by atoms with Crippen LogP contribution in [-0.4, -0.2) is 43.0 Å². The second-order valence-corrected chi connectivity index (χ2v) is 5.77. The summed E-state index contributed by atoms with van der Waals surface area (Å²) in [4.78, 5) is 19.0. The summed E-state index contributed by atoms with van der Waals surface area (Å²) in [6.45, 7) is 1.39. The Balaban J connectivity index is 2.22. The molecule has 0 aliphatic carbocycles. The van der Waals surface area contributed by atoms with E-state index in [1.54, 1.807) is 18.3 Å². The highest BCUT2D eigenvalue weighted by molar-refractivity contribution is 6.30. The largest absolute Gasteiger partial charge is 0.354 e. The van der Waals surface area contributed by atoms with Crippen molar-refractivity contribution in [1.29, 1.82) is 0 Å². The van der Waals surface area contributed by atoms with Gasteiger partial charge in [0, 0.05) is 24.3 Å². The summed E-state index contributed by atoms with van der Waals surface area (Å²) in [7, 11) is 3.95. The highest BCUT2D eigenvalue weighted by Crippen LogP contribution is 2.24. The molecule has 0 aliphatic heterocycles. The quantitative estimate of drug-likeness (QED) is 0.890. The number of carbonyl (C=O) groups is 1. The summed E-state index contributed by atoms with van der Waals surface area (Å²) in [5.41, 5.74) is 1.61. The molecular weight excluding hydrogens is 298 g/mol. The van der Waals surface area contributed by atoms with Crippen molar-refractivity contribution in [2.24, 2.45) is 0 Å². The van der Waals surface area contributed by atoms with Crippen LogP contribution in [0.5, 0.6) is 0 Å². The van der Waals surface area contributed by atoms with E-state index in [1.165, 1.54) is 0 Å². The van der Waals surface area contributed by atoms with Gasteiger partial charge in [-0.05, 0) is 43.9 Å². The molecular formula is C17H20ClN3O. The lowest BCUT2D eigenvalue weighted by Gasteiger charge is -2.18. The Hall–Kier alpha value is -1.91. The molecule has 2 aromatic rings. The number of pyridine rings is 1. The molecule has 4 nitrogen and oxygen atoms in total. The van der Waals surface area contributed by atoms with Crippen LogP contribution in [0.4, 0.5) is 0 Å². The van der Waals surface area contributed by atoms with Crippen LogP contribution in [-0.2, 0) is 4.79 Å². The van der Waals surface area contributed by atoms with Crippen LogP contribution >= 0.6 is 11.6 Å². The van der Waals surface area contributed by atoms with E-state index in [2.05, 4.69) is 10.3 Å². The van der Waals surface area contributed by atoms with Crippen LogP contribution in [0.1, 0.15) is 17.2 Å². The Morgan fingerprint density at radius 2 is 1.95 bits per heavy atom. The lowest BCUT2D eigenvalue weighted by Crippen LogP contribution is -2.35. The number of hydrogen-bond acceptors (Lipinski definition) is 3. The van der Waals surface area contributed by atoms with Crippen LogP contribution in [0.3, 0.4) is 0 Å². The van der Waals surface area contributed by atoms with Gasteiger partial charge in [0.25, 0.3) is 0 Å². The Labute approximate surface area is 136 Å². The fourth-order valence-electron chi connectivity index (χ4n) is 2.16. The van der Waals surface area contributed by atoms with Crippen molar-refractivity contribution in [3.05, 3.63) is 64.9 Å².